The number of para-hydroxylation sites is 1. The third-order valence-corrected chi connectivity index (χ3v) is 4.47. The highest BCUT2D eigenvalue weighted by Crippen LogP contribution is 2.40. The van der Waals surface area contributed by atoms with E-state index in [-0.39, 0.29) is 39.0 Å². The molecule has 0 unspecified atom stereocenters. The summed E-state index contributed by atoms with van der Waals surface area (Å²) < 4.78 is 44.3. The number of carbonyl (C=O) groups excluding carboxylic acids is 2. The summed E-state index contributed by atoms with van der Waals surface area (Å²) >= 11 is 0. The van der Waals surface area contributed by atoms with Crippen molar-refractivity contribution in [3.05, 3.63) is 58.7 Å². The molecule has 2 N–H and O–H groups in total. The number of fused-ring (bicyclic) bond motifs is 2. The number of rotatable bonds is 2. The average molecular weight is 388 g/mol. The Labute approximate surface area is 155 Å². The van der Waals surface area contributed by atoms with E-state index < -0.39 is 29.4 Å². The summed E-state index contributed by atoms with van der Waals surface area (Å²) in [6, 6.07) is 7.53. The minimum absolute atomic E-state index is 0.0143. The van der Waals surface area contributed by atoms with Crippen LogP contribution in [0.1, 0.15) is 31.8 Å². The van der Waals surface area contributed by atoms with E-state index in [1.807, 2.05) is 0 Å². The van der Waals surface area contributed by atoms with Gasteiger partial charge >= 0.3 is 12.1 Å². The first-order valence-electron chi connectivity index (χ1n) is 7.99. The van der Waals surface area contributed by atoms with Crippen LogP contribution in [0.2, 0.25) is 0 Å². The maximum absolute atomic E-state index is 13.2. The Morgan fingerprint density at radius 3 is 2.64 bits per heavy atom. The number of carbonyl (C=O) groups is 2. The molecule has 0 aliphatic carbocycles. The molecule has 0 spiro atoms. The maximum atomic E-state index is 13.2. The van der Waals surface area contributed by atoms with Gasteiger partial charge in [-0.25, -0.2) is 9.79 Å². The number of aromatic nitrogens is 1. The number of ether oxygens (including phenoxy) is 1. The molecule has 0 bridgehead atoms. The molecule has 9 heteroatoms. The third-order valence-electron chi connectivity index (χ3n) is 4.47. The summed E-state index contributed by atoms with van der Waals surface area (Å²) in [7, 11) is 1.21. The largest absolute Gasteiger partial charge is 0.494 e. The van der Waals surface area contributed by atoms with Crippen LogP contribution in [0.4, 0.5) is 18.9 Å². The van der Waals surface area contributed by atoms with Crippen molar-refractivity contribution in [3.8, 4) is 5.88 Å². The number of hydrogen-bond donors (Lipinski definition) is 2. The summed E-state index contributed by atoms with van der Waals surface area (Å²) in [6.07, 6.45) is -4.64. The standard InChI is InChI=1S/C19H11F3N2O4/c1-28-18(27)8-5-6-9-12(7-8)23-15(16(9)25)13-10-3-2-4-11(19(20,21)22)14(10)24-17(13)26/h2-7,24,26H,1H3. The van der Waals surface area contributed by atoms with Crippen LogP contribution in [0, 0.1) is 0 Å². The van der Waals surface area contributed by atoms with E-state index >= 15 is 0 Å². The van der Waals surface area contributed by atoms with Gasteiger partial charge in [0.05, 0.1) is 35.0 Å². The number of H-pyrrole nitrogens is 1. The number of methoxy groups -OCH3 is 1. The number of esters is 1. The molecule has 0 fully saturated rings. The summed E-state index contributed by atoms with van der Waals surface area (Å²) in [5, 5.41) is 10.2. The van der Waals surface area contributed by atoms with Crippen LogP contribution in [0.3, 0.4) is 0 Å². The van der Waals surface area contributed by atoms with Gasteiger partial charge in [0.25, 0.3) is 0 Å². The molecule has 28 heavy (non-hydrogen) atoms. The van der Waals surface area contributed by atoms with Gasteiger partial charge in [-0.15, -0.1) is 0 Å². The highest BCUT2D eigenvalue weighted by Gasteiger charge is 2.36. The number of halogens is 3. The van der Waals surface area contributed by atoms with Gasteiger partial charge in [-0.05, 0) is 24.3 Å². The Morgan fingerprint density at radius 1 is 1.21 bits per heavy atom. The number of aromatic hydroxyl groups is 1. The Bertz CT molecular complexity index is 1190. The minimum Gasteiger partial charge on any atom is -0.494 e. The average Bonchev–Trinajstić information content (AvgIpc) is 3.15. The SMILES string of the molecule is COC(=O)c1ccc2c(c1)N=C(c1c(O)[nH]c3c(C(F)(F)F)cccc13)C2=O. The quantitative estimate of drug-likeness (QED) is 0.650. The molecular formula is C19H11F3N2O4. The fraction of sp³-hybridized carbons (Fsp3) is 0.105. The number of benzene rings is 2. The normalized spacial score (nSPS) is 13.6. The summed E-state index contributed by atoms with van der Waals surface area (Å²) in [5.41, 5.74) is -1.14. The zero-order valence-corrected chi connectivity index (χ0v) is 14.2. The number of alkyl halides is 3. The predicted octanol–water partition coefficient (Wildman–Crippen LogP) is 4.00. The molecule has 2 aromatic carbocycles. The van der Waals surface area contributed by atoms with Crippen LogP contribution in [0.5, 0.6) is 5.88 Å². The number of aliphatic imine (C=N–C) groups is 1. The Balaban J connectivity index is 1.90. The lowest BCUT2D eigenvalue weighted by Crippen LogP contribution is -2.11. The summed E-state index contributed by atoms with van der Waals surface area (Å²) in [6.45, 7) is 0. The van der Waals surface area contributed by atoms with E-state index in [9.17, 15) is 27.9 Å². The van der Waals surface area contributed by atoms with Crippen LogP contribution in [-0.2, 0) is 10.9 Å². The van der Waals surface area contributed by atoms with Crippen molar-refractivity contribution in [3.63, 3.8) is 0 Å². The van der Waals surface area contributed by atoms with Crippen molar-refractivity contribution in [2.75, 3.05) is 7.11 Å². The highest BCUT2D eigenvalue weighted by atomic mass is 19.4. The Morgan fingerprint density at radius 2 is 1.96 bits per heavy atom. The van der Waals surface area contributed by atoms with E-state index in [4.69, 9.17) is 0 Å². The number of aromatic amines is 1. The number of nitrogens with zero attached hydrogens (tertiary/aromatic N) is 1. The van der Waals surface area contributed by atoms with Crippen molar-refractivity contribution in [2.24, 2.45) is 4.99 Å². The first kappa shape index (κ1) is 17.8. The lowest BCUT2D eigenvalue weighted by Gasteiger charge is -2.07. The van der Waals surface area contributed by atoms with Crippen molar-refractivity contribution in [1.29, 1.82) is 0 Å². The molecule has 3 aromatic rings. The van der Waals surface area contributed by atoms with Gasteiger partial charge in [-0.1, -0.05) is 12.1 Å². The highest BCUT2D eigenvalue weighted by molar-refractivity contribution is 6.56. The summed E-state index contributed by atoms with van der Waals surface area (Å²) in [5.74, 6) is -1.79. The molecule has 0 saturated heterocycles. The molecule has 0 radical (unpaired) electrons. The molecule has 1 aromatic heterocycles. The van der Waals surface area contributed by atoms with E-state index in [1.54, 1.807) is 0 Å². The van der Waals surface area contributed by atoms with Gasteiger partial charge in [-0.3, -0.25) is 4.79 Å². The lowest BCUT2D eigenvalue weighted by molar-refractivity contribution is -0.136. The number of Topliss-reactive ketones (excluding diaryl/α,β-unsaturated/α-hetero) is 1. The second-order valence-corrected chi connectivity index (χ2v) is 6.09. The van der Waals surface area contributed by atoms with Gasteiger partial charge in [0.2, 0.25) is 5.78 Å². The van der Waals surface area contributed by atoms with Crippen molar-refractivity contribution in [2.45, 2.75) is 6.18 Å². The van der Waals surface area contributed by atoms with Crippen molar-refractivity contribution < 1.29 is 32.6 Å². The number of hydrogen-bond acceptors (Lipinski definition) is 5. The zero-order chi connectivity index (χ0) is 20.2. The fourth-order valence-corrected chi connectivity index (χ4v) is 3.21. The van der Waals surface area contributed by atoms with Crippen LogP contribution < -0.4 is 0 Å². The van der Waals surface area contributed by atoms with Crippen LogP contribution in [-0.4, -0.2) is 34.7 Å². The smallest absolute Gasteiger partial charge is 0.418 e. The molecule has 1 aliphatic rings. The van der Waals surface area contributed by atoms with Gasteiger partial charge < -0.3 is 14.8 Å². The van der Waals surface area contributed by atoms with Gasteiger partial charge in [0.15, 0.2) is 5.88 Å². The molecule has 0 amide bonds. The topological polar surface area (TPSA) is 91.8 Å². The lowest BCUT2D eigenvalue weighted by atomic mass is 10.00. The predicted molar refractivity (Wildman–Crippen MR) is 93.3 cm³/mol. The molecule has 2 heterocycles. The monoisotopic (exact) mass is 388 g/mol. The maximum Gasteiger partial charge on any atom is 0.418 e. The Hall–Kier alpha value is -3.62. The molecular weight excluding hydrogens is 377 g/mol. The molecule has 4 rings (SSSR count). The first-order valence-corrected chi connectivity index (χ1v) is 7.99. The van der Waals surface area contributed by atoms with Crippen LogP contribution >= 0.6 is 0 Å². The Kier molecular flexibility index (Phi) is 3.77. The third kappa shape index (κ3) is 2.55. The minimum atomic E-state index is -4.64. The van der Waals surface area contributed by atoms with Crippen molar-refractivity contribution in [1.82, 2.24) is 4.98 Å². The molecule has 142 valence electrons. The number of nitrogens with one attached hydrogen (secondary N) is 1. The van der Waals surface area contributed by atoms with E-state index in [0.29, 0.717) is 0 Å². The van der Waals surface area contributed by atoms with E-state index in [2.05, 4.69) is 14.7 Å². The second-order valence-electron chi connectivity index (χ2n) is 6.09. The van der Waals surface area contributed by atoms with Gasteiger partial charge in [0.1, 0.15) is 5.71 Å². The molecule has 1 aliphatic heterocycles. The first-order chi connectivity index (χ1) is 13.2. The van der Waals surface area contributed by atoms with Crippen LogP contribution in [0.15, 0.2) is 41.4 Å². The molecule has 0 saturated carbocycles. The van der Waals surface area contributed by atoms with E-state index in [1.165, 1.54) is 37.4 Å². The van der Waals surface area contributed by atoms with Crippen LogP contribution in [0.25, 0.3) is 10.9 Å². The van der Waals surface area contributed by atoms with Gasteiger partial charge in [0, 0.05) is 10.9 Å². The molecule has 6 nitrogen and oxygen atoms in total. The number of ketones is 1. The van der Waals surface area contributed by atoms with E-state index in [0.717, 1.165) is 6.07 Å². The summed E-state index contributed by atoms with van der Waals surface area (Å²) in [4.78, 5) is 30.8. The fourth-order valence-electron chi connectivity index (χ4n) is 3.21. The van der Waals surface area contributed by atoms with Gasteiger partial charge in [-0.2, -0.15) is 13.2 Å². The van der Waals surface area contributed by atoms with Crippen molar-refractivity contribution >= 4 is 34.1 Å². The second kappa shape index (κ2) is 5.95. The molecule has 0 atom stereocenters. The zero-order valence-electron chi connectivity index (χ0n) is 14.2.